The van der Waals surface area contributed by atoms with E-state index in [-0.39, 0.29) is 18.1 Å². The molecule has 3 rings (SSSR count). The smallest absolute Gasteiger partial charge is 0.410 e. The van der Waals surface area contributed by atoms with Gasteiger partial charge in [-0.15, -0.1) is 0 Å². The summed E-state index contributed by atoms with van der Waals surface area (Å²) in [6.45, 7) is 14.0. The molecule has 1 aromatic carbocycles. The lowest BCUT2D eigenvalue weighted by atomic mass is 9.91. The molecule has 0 radical (unpaired) electrons. The Labute approximate surface area is 211 Å². The van der Waals surface area contributed by atoms with Crippen LogP contribution >= 0.6 is 0 Å². The number of nitrogens with one attached hydrogen (secondary N) is 1. The number of amides is 2. The Hall–Kier alpha value is -2.28. The van der Waals surface area contributed by atoms with Crippen molar-refractivity contribution in [3.63, 3.8) is 0 Å². The lowest BCUT2D eigenvalue weighted by molar-refractivity contribution is -0.126. The number of rotatable bonds is 9. The second kappa shape index (κ2) is 12.6. The van der Waals surface area contributed by atoms with Crippen molar-refractivity contribution in [1.29, 1.82) is 0 Å². The summed E-state index contributed by atoms with van der Waals surface area (Å²) < 4.78 is 11.8. The standard InChI is InChI=1S/C28H45N3O4/c1-19(2)30(20(3)4)17-15-29-27(32)26-25-13-12-24(35-23-10-8-7-9-11-23)18-22(25)14-16-31(26)28(33)34-21(5)6/h12-13,18-21,23,26H,7-11,14-17H2,1-6H3,(H,29,32). The van der Waals surface area contributed by atoms with Crippen LogP contribution in [0, 0.1) is 0 Å². The van der Waals surface area contributed by atoms with Gasteiger partial charge in [-0.2, -0.15) is 0 Å². The fraction of sp³-hybridized carbons (Fsp3) is 0.714. The van der Waals surface area contributed by atoms with E-state index in [0.717, 1.165) is 36.3 Å². The Morgan fingerprint density at radius 1 is 1.06 bits per heavy atom. The molecule has 1 aliphatic carbocycles. The van der Waals surface area contributed by atoms with Crippen molar-refractivity contribution in [1.82, 2.24) is 15.1 Å². The Balaban J connectivity index is 1.77. The number of nitrogens with zero attached hydrogens (tertiary/aromatic N) is 2. The lowest BCUT2D eigenvalue weighted by Gasteiger charge is -2.36. The Kier molecular flexibility index (Phi) is 9.84. The van der Waals surface area contributed by atoms with Crippen LogP contribution in [0.3, 0.4) is 0 Å². The van der Waals surface area contributed by atoms with Crippen molar-refractivity contribution < 1.29 is 19.1 Å². The van der Waals surface area contributed by atoms with Crippen molar-refractivity contribution in [3.8, 4) is 5.75 Å². The van der Waals surface area contributed by atoms with Crippen LogP contribution in [0.25, 0.3) is 0 Å². The predicted octanol–water partition coefficient (Wildman–Crippen LogP) is 5.08. The first kappa shape index (κ1) is 27.3. The van der Waals surface area contributed by atoms with Gasteiger partial charge >= 0.3 is 6.09 Å². The third-order valence-electron chi connectivity index (χ3n) is 7.01. The minimum Gasteiger partial charge on any atom is -0.490 e. The van der Waals surface area contributed by atoms with E-state index in [9.17, 15) is 9.59 Å². The number of benzene rings is 1. The van der Waals surface area contributed by atoms with E-state index in [1.54, 1.807) is 4.90 Å². The first-order valence-corrected chi connectivity index (χ1v) is 13.5. The van der Waals surface area contributed by atoms with E-state index in [2.05, 4.69) is 44.0 Å². The Morgan fingerprint density at radius 3 is 2.37 bits per heavy atom. The summed E-state index contributed by atoms with van der Waals surface area (Å²) in [4.78, 5) is 30.3. The fourth-order valence-electron chi connectivity index (χ4n) is 5.32. The average molecular weight is 488 g/mol. The van der Waals surface area contributed by atoms with Crippen LogP contribution in [0.15, 0.2) is 18.2 Å². The molecule has 2 aliphatic rings. The second-order valence-electron chi connectivity index (χ2n) is 10.7. The lowest BCUT2D eigenvalue weighted by Crippen LogP contribution is -2.49. The van der Waals surface area contributed by atoms with E-state index in [1.165, 1.54) is 19.3 Å². The van der Waals surface area contributed by atoms with Crippen LogP contribution in [-0.4, -0.2) is 65.7 Å². The first-order chi connectivity index (χ1) is 16.7. The first-order valence-electron chi connectivity index (χ1n) is 13.5. The molecular formula is C28H45N3O4. The van der Waals surface area contributed by atoms with Gasteiger partial charge < -0.3 is 14.8 Å². The summed E-state index contributed by atoms with van der Waals surface area (Å²) in [5.41, 5.74) is 1.92. The molecule has 0 saturated heterocycles. The van der Waals surface area contributed by atoms with Crippen LogP contribution in [0.1, 0.15) is 90.8 Å². The SMILES string of the molecule is CC(C)OC(=O)N1CCc2cc(OC3CCCCC3)ccc2C1C(=O)NCCN(C(C)C)C(C)C. The van der Waals surface area contributed by atoms with E-state index < -0.39 is 12.1 Å². The predicted molar refractivity (Wildman–Crippen MR) is 139 cm³/mol. The molecule has 1 fully saturated rings. The van der Waals surface area contributed by atoms with Crippen LogP contribution in [0.2, 0.25) is 0 Å². The van der Waals surface area contributed by atoms with Gasteiger partial charge in [0.15, 0.2) is 0 Å². The normalized spacial score (nSPS) is 18.8. The van der Waals surface area contributed by atoms with Crippen LogP contribution < -0.4 is 10.1 Å². The number of hydrogen-bond donors (Lipinski definition) is 1. The molecule has 0 bridgehead atoms. The van der Waals surface area contributed by atoms with Gasteiger partial charge in [-0.1, -0.05) is 12.5 Å². The van der Waals surface area contributed by atoms with Gasteiger partial charge in [0, 0.05) is 31.7 Å². The molecule has 1 N–H and O–H groups in total. The van der Waals surface area contributed by atoms with Crippen molar-refractivity contribution in [2.24, 2.45) is 0 Å². The van der Waals surface area contributed by atoms with Crippen molar-refractivity contribution >= 4 is 12.0 Å². The molecule has 1 aliphatic heterocycles. The summed E-state index contributed by atoms with van der Waals surface area (Å²) in [7, 11) is 0. The van der Waals surface area contributed by atoms with Gasteiger partial charge in [0.1, 0.15) is 11.8 Å². The number of ether oxygens (including phenoxy) is 2. The molecule has 7 nitrogen and oxygen atoms in total. The van der Waals surface area contributed by atoms with Gasteiger partial charge in [-0.3, -0.25) is 14.6 Å². The zero-order valence-electron chi connectivity index (χ0n) is 22.5. The molecular weight excluding hydrogens is 442 g/mol. The molecule has 7 heteroatoms. The molecule has 0 spiro atoms. The summed E-state index contributed by atoms with van der Waals surface area (Å²) in [6.07, 6.45) is 6.17. The molecule has 196 valence electrons. The summed E-state index contributed by atoms with van der Waals surface area (Å²) >= 11 is 0. The number of fused-ring (bicyclic) bond motifs is 1. The number of carbonyl (C=O) groups is 2. The van der Waals surface area contributed by atoms with Crippen LogP contribution in [0.5, 0.6) is 5.75 Å². The highest BCUT2D eigenvalue weighted by atomic mass is 16.6. The highest BCUT2D eigenvalue weighted by Crippen LogP contribution is 2.34. The summed E-state index contributed by atoms with van der Waals surface area (Å²) in [6, 6.07) is 6.05. The molecule has 35 heavy (non-hydrogen) atoms. The average Bonchev–Trinajstić information content (AvgIpc) is 2.80. The number of carbonyl (C=O) groups excluding carboxylic acids is 2. The third kappa shape index (κ3) is 7.35. The van der Waals surface area contributed by atoms with Gasteiger partial charge in [0.2, 0.25) is 5.91 Å². The van der Waals surface area contributed by atoms with Gasteiger partial charge in [0.05, 0.1) is 12.2 Å². The van der Waals surface area contributed by atoms with Crippen LogP contribution in [-0.2, 0) is 16.0 Å². The highest BCUT2D eigenvalue weighted by Gasteiger charge is 2.37. The van der Waals surface area contributed by atoms with Crippen molar-refractivity contribution in [2.75, 3.05) is 19.6 Å². The van der Waals surface area contributed by atoms with E-state index in [4.69, 9.17) is 9.47 Å². The molecule has 0 aromatic heterocycles. The molecule has 1 unspecified atom stereocenters. The maximum absolute atomic E-state index is 13.5. The zero-order chi connectivity index (χ0) is 25.5. The minimum atomic E-state index is -0.708. The third-order valence-corrected chi connectivity index (χ3v) is 7.01. The van der Waals surface area contributed by atoms with Gasteiger partial charge in [0.25, 0.3) is 0 Å². The van der Waals surface area contributed by atoms with Crippen molar-refractivity contribution in [3.05, 3.63) is 29.3 Å². The monoisotopic (exact) mass is 487 g/mol. The Morgan fingerprint density at radius 2 is 1.74 bits per heavy atom. The molecule has 1 aromatic rings. The number of hydrogen-bond acceptors (Lipinski definition) is 5. The molecule has 1 atom stereocenters. The van der Waals surface area contributed by atoms with Crippen molar-refractivity contribution in [2.45, 2.75) is 110 Å². The summed E-state index contributed by atoms with van der Waals surface area (Å²) in [5, 5.41) is 3.09. The van der Waals surface area contributed by atoms with Crippen LogP contribution in [0.4, 0.5) is 4.79 Å². The quantitative estimate of drug-likeness (QED) is 0.526. The maximum atomic E-state index is 13.5. The van der Waals surface area contributed by atoms with Gasteiger partial charge in [-0.05, 0) is 96.9 Å². The van der Waals surface area contributed by atoms with Gasteiger partial charge in [-0.25, -0.2) is 4.79 Å². The molecule has 1 heterocycles. The molecule has 1 saturated carbocycles. The molecule has 2 amide bonds. The maximum Gasteiger partial charge on any atom is 0.410 e. The Bertz CT molecular complexity index is 841. The second-order valence-corrected chi connectivity index (χ2v) is 10.7. The largest absolute Gasteiger partial charge is 0.490 e. The minimum absolute atomic E-state index is 0.167. The van der Waals surface area contributed by atoms with E-state index in [0.29, 0.717) is 31.6 Å². The topological polar surface area (TPSA) is 71.1 Å². The van der Waals surface area contributed by atoms with E-state index >= 15 is 0 Å². The fourth-order valence-corrected chi connectivity index (χ4v) is 5.32. The zero-order valence-corrected chi connectivity index (χ0v) is 22.5. The van der Waals surface area contributed by atoms with E-state index in [1.807, 2.05) is 26.0 Å². The summed E-state index contributed by atoms with van der Waals surface area (Å²) in [5.74, 6) is 0.692. The highest BCUT2D eigenvalue weighted by molar-refractivity contribution is 5.88.